The van der Waals surface area contributed by atoms with Crippen LogP contribution in [0.2, 0.25) is 0 Å². The minimum absolute atomic E-state index is 0.310. The molecule has 1 aromatic heterocycles. The molecule has 2 aromatic rings. The Hall–Kier alpha value is -1.98. The van der Waals surface area contributed by atoms with Gasteiger partial charge < -0.3 is 0 Å². The largest absolute Gasteiger partial charge is 0.368 e. The first-order chi connectivity index (χ1) is 7.09. The first-order valence-corrected chi connectivity index (χ1v) is 4.35. The van der Waals surface area contributed by atoms with Crippen LogP contribution in [0.15, 0.2) is 23.0 Å². The number of halogens is 1. The van der Waals surface area contributed by atoms with Crippen molar-refractivity contribution in [3.05, 3.63) is 40.1 Å². The van der Waals surface area contributed by atoms with Crippen molar-refractivity contribution in [1.29, 1.82) is 0 Å². The van der Waals surface area contributed by atoms with Gasteiger partial charge in [0.05, 0.1) is 5.69 Å². The average molecular weight is 208 g/mol. The summed E-state index contributed by atoms with van der Waals surface area (Å²) in [5.74, 6) is -0.310. The first-order valence-electron chi connectivity index (χ1n) is 4.35. The molecule has 0 aliphatic heterocycles. The van der Waals surface area contributed by atoms with Crippen molar-refractivity contribution in [2.24, 2.45) is 7.05 Å². The molecule has 15 heavy (non-hydrogen) atoms. The Morgan fingerprint density at radius 3 is 2.60 bits per heavy atom. The molecule has 0 unspecified atom stereocenters. The van der Waals surface area contributed by atoms with Gasteiger partial charge in [0.1, 0.15) is 5.82 Å². The van der Waals surface area contributed by atoms with Gasteiger partial charge in [0.2, 0.25) is 0 Å². The fourth-order valence-corrected chi connectivity index (χ4v) is 1.24. The van der Waals surface area contributed by atoms with Crippen LogP contribution in [0.25, 0.3) is 5.69 Å². The minimum Gasteiger partial charge on any atom is -0.244 e. The van der Waals surface area contributed by atoms with Crippen molar-refractivity contribution < 1.29 is 4.39 Å². The maximum atomic E-state index is 13.0. The van der Waals surface area contributed by atoms with Gasteiger partial charge in [-0.25, -0.2) is 9.18 Å². The van der Waals surface area contributed by atoms with E-state index in [0.717, 1.165) is 9.36 Å². The zero-order chi connectivity index (χ0) is 11.0. The monoisotopic (exact) mass is 208 g/mol. The standard InChI is InChI=1S/C9H9FN4O/c1-6-5-7(3-4-8(6)10)14-9(15)13(2)11-12-14/h3-5H,1-2H3. The van der Waals surface area contributed by atoms with Gasteiger partial charge in [-0.15, -0.1) is 0 Å². The van der Waals surface area contributed by atoms with Crippen molar-refractivity contribution in [3.63, 3.8) is 0 Å². The molecule has 2 rings (SSSR count). The van der Waals surface area contributed by atoms with E-state index in [1.54, 1.807) is 13.0 Å². The number of benzene rings is 1. The molecule has 0 N–H and O–H groups in total. The Balaban J connectivity index is 2.60. The molecule has 0 aliphatic rings. The van der Waals surface area contributed by atoms with Crippen LogP contribution in [-0.4, -0.2) is 19.8 Å². The van der Waals surface area contributed by atoms with E-state index >= 15 is 0 Å². The smallest absolute Gasteiger partial charge is 0.244 e. The predicted octanol–water partition coefficient (Wildman–Crippen LogP) is 0.414. The number of hydrogen-bond acceptors (Lipinski definition) is 3. The molecule has 0 saturated heterocycles. The summed E-state index contributed by atoms with van der Waals surface area (Å²) in [6, 6.07) is 4.33. The SMILES string of the molecule is Cc1cc(-n2nnn(C)c2=O)ccc1F. The van der Waals surface area contributed by atoms with E-state index in [1.165, 1.54) is 19.2 Å². The lowest BCUT2D eigenvalue weighted by Gasteiger charge is -2.00. The van der Waals surface area contributed by atoms with Gasteiger partial charge >= 0.3 is 5.69 Å². The fourth-order valence-electron chi connectivity index (χ4n) is 1.24. The molecule has 1 aromatic carbocycles. The van der Waals surface area contributed by atoms with Crippen LogP contribution in [0.3, 0.4) is 0 Å². The highest BCUT2D eigenvalue weighted by Crippen LogP contribution is 2.10. The maximum absolute atomic E-state index is 13.0. The van der Waals surface area contributed by atoms with Gasteiger partial charge in [0.25, 0.3) is 0 Å². The molecule has 1 heterocycles. The van der Waals surface area contributed by atoms with Crippen LogP contribution in [0.5, 0.6) is 0 Å². The molecular weight excluding hydrogens is 199 g/mol. The van der Waals surface area contributed by atoms with Gasteiger partial charge in [0, 0.05) is 7.05 Å². The second-order valence-electron chi connectivity index (χ2n) is 3.23. The quantitative estimate of drug-likeness (QED) is 0.682. The molecule has 0 aliphatic carbocycles. The Kier molecular flexibility index (Phi) is 2.11. The minimum atomic E-state index is -0.360. The van der Waals surface area contributed by atoms with Crippen molar-refractivity contribution in [2.75, 3.05) is 0 Å². The molecule has 78 valence electrons. The van der Waals surface area contributed by atoms with Crippen molar-refractivity contribution >= 4 is 0 Å². The Morgan fingerprint density at radius 2 is 2.07 bits per heavy atom. The molecule has 0 radical (unpaired) electrons. The highest BCUT2D eigenvalue weighted by molar-refractivity contribution is 5.34. The zero-order valence-corrected chi connectivity index (χ0v) is 8.31. The zero-order valence-electron chi connectivity index (χ0n) is 8.31. The van der Waals surface area contributed by atoms with E-state index < -0.39 is 0 Å². The van der Waals surface area contributed by atoms with Gasteiger partial charge in [-0.3, -0.25) is 0 Å². The third kappa shape index (κ3) is 1.54. The molecule has 0 amide bonds. The van der Waals surface area contributed by atoms with Gasteiger partial charge in [-0.1, -0.05) is 0 Å². The predicted molar refractivity (Wildman–Crippen MR) is 51.3 cm³/mol. The second kappa shape index (κ2) is 3.30. The summed E-state index contributed by atoms with van der Waals surface area (Å²) in [5, 5.41) is 7.22. The van der Waals surface area contributed by atoms with Crippen molar-refractivity contribution in [1.82, 2.24) is 19.8 Å². The number of aryl methyl sites for hydroxylation is 2. The number of aromatic nitrogens is 4. The lowest BCUT2D eigenvalue weighted by Crippen LogP contribution is -2.21. The molecular formula is C9H9FN4O. The fraction of sp³-hybridized carbons (Fsp3) is 0.222. The van der Waals surface area contributed by atoms with Crippen LogP contribution in [-0.2, 0) is 7.05 Å². The summed E-state index contributed by atoms with van der Waals surface area (Å²) in [5.41, 5.74) is 0.609. The number of tetrazole rings is 1. The van der Waals surface area contributed by atoms with E-state index in [1.807, 2.05) is 0 Å². The topological polar surface area (TPSA) is 52.7 Å². The Bertz CT molecular complexity index is 557. The lowest BCUT2D eigenvalue weighted by atomic mass is 10.2. The maximum Gasteiger partial charge on any atom is 0.368 e. The molecule has 0 saturated carbocycles. The summed E-state index contributed by atoms with van der Waals surface area (Å²) in [6.45, 7) is 1.63. The second-order valence-corrected chi connectivity index (χ2v) is 3.23. The van der Waals surface area contributed by atoms with Crippen molar-refractivity contribution in [3.8, 4) is 5.69 Å². The summed E-state index contributed by atoms with van der Waals surface area (Å²) in [6.07, 6.45) is 0. The third-order valence-electron chi connectivity index (χ3n) is 2.11. The van der Waals surface area contributed by atoms with Crippen LogP contribution in [0.4, 0.5) is 4.39 Å². The van der Waals surface area contributed by atoms with E-state index in [-0.39, 0.29) is 11.5 Å². The van der Waals surface area contributed by atoms with Crippen LogP contribution < -0.4 is 5.69 Å². The van der Waals surface area contributed by atoms with Gasteiger partial charge in [-0.05, 0) is 41.1 Å². The highest BCUT2D eigenvalue weighted by atomic mass is 19.1. The lowest BCUT2D eigenvalue weighted by molar-refractivity contribution is 0.617. The van der Waals surface area contributed by atoms with Gasteiger partial charge in [-0.2, -0.15) is 9.36 Å². The Labute approximate surface area is 84.7 Å². The molecule has 0 bridgehead atoms. The summed E-state index contributed by atoms with van der Waals surface area (Å²) in [4.78, 5) is 11.5. The summed E-state index contributed by atoms with van der Waals surface area (Å²) in [7, 11) is 1.50. The highest BCUT2D eigenvalue weighted by Gasteiger charge is 2.07. The Morgan fingerprint density at radius 1 is 1.33 bits per heavy atom. The molecule has 0 spiro atoms. The number of hydrogen-bond donors (Lipinski definition) is 0. The first kappa shape index (κ1) is 9.57. The van der Waals surface area contributed by atoms with E-state index in [4.69, 9.17) is 0 Å². The van der Waals surface area contributed by atoms with Gasteiger partial charge in [0.15, 0.2) is 0 Å². The number of rotatable bonds is 1. The molecule has 0 fully saturated rings. The average Bonchev–Trinajstić information content (AvgIpc) is 2.53. The van der Waals surface area contributed by atoms with E-state index in [2.05, 4.69) is 10.4 Å². The van der Waals surface area contributed by atoms with Crippen LogP contribution in [0, 0.1) is 12.7 Å². The normalized spacial score (nSPS) is 10.6. The molecule has 5 nitrogen and oxygen atoms in total. The molecule has 0 atom stereocenters. The number of nitrogens with zero attached hydrogens (tertiary/aromatic N) is 4. The summed E-state index contributed by atoms with van der Waals surface area (Å²) >= 11 is 0. The van der Waals surface area contributed by atoms with Crippen molar-refractivity contribution in [2.45, 2.75) is 6.92 Å². The summed E-state index contributed by atoms with van der Waals surface area (Å²) < 4.78 is 15.2. The van der Waals surface area contributed by atoms with Crippen LogP contribution in [0.1, 0.15) is 5.56 Å². The molecule has 6 heteroatoms. The third-order valence-corrected chi connectivity index (χ3v) is 2.11. The van der Waals surface area contributed by atoms with E-state index in [0.29, 0.717) is 11.3 Å². The van der Waals surface area contributed by atoms with E-state index in [9.17, 15) is 9.18 Å². The van der Waals surface area contributed by atoms with Crippen LogP contribution >= 0.6 is 0 Å².